The number of methoxy groups -OCH3 is 2. The van der Waals surface area contributed by atoms with Crippen LogP contribution >= 0.6 is 11.3 Å². The van der Waals surface area contributed by atoms with Crippen molar-refractivity contribution in [3.63, 3.8) is 0 Å². The lowest BCUT2D eigenvalue weighted by atomic mass is 10.3. The lowest BCUT2D eigenvalue weighted by Crippen LogP contribution is -2.49. The number of fused-ring (bicyclic) bond motifs is 1. The molecular weight excluding hydrogens is 368 g/mol. The van der Waals surface area contributed by atoms with Gasteiger partial charge in [-0.2, -0.15) is 5.10 Å². The van der Waals surface area contributed by atoms with Crippen molar-refractivity contribution in [2.24, 2.45) is 0 Å². The minimum Gasteiger partial charge on any atom is -0.495 e. The van der Waals surface area contributed by atoms with Gasteiger partial charge in [0.25, 0.3) is 0 Å². The maximum absolute atomic E-state index is 12.4. The lowest BCUT2D eigenvalue weighted by molar-refractivity contribution is -0.132. The van der Waals surface area contributed by atoms with Crippen LogP contribution in [0.15, 0.2) is 24.8 Å². The number of anilines is 1. The van der Waals surface area contributed by atoms with Gasteiger partial charge in [-0.1, -0.05) is 11.3 Å². The molecule has 0 radical (unpaired) electrons. The van der Waals surface area contributed by atoms with Gasteiger partial charge in [-0.25, -0.2) is 14.6 Å². The molecule has 27 heavy (non-hydrogen) atoms. The number of benzene rings is 1. The SMILES string of the molecule is COc1ccc(OC)c2sc(N3CCN(C(=O)Cn4cncn4)CC3)nc12. The molecule has 0 spiro atoms. The highest BCUT2D eigenvalue weighted by atomic mass is 32.1. The fourth-order valence-electron chi connectivity index (χ4n) is 3.11. The minimum absolute atomic E-state index is 0.0489. The Kier molecular flexibility index (Phi) is 4.80. The Balaban J connectivity index is 1.47. The topological polar surface area (TPSA) is 85.6 Å². The number of aromatic nitrogens is 4. The molecule has 0 unspecified atom stereocenters. The van der Waals surface area contributed by atoms with Gasteiger partial charge in [-0.15, -0.1) is 0 Å². The third kappa shape index (κ3) is 3.39. The number of amides is 1. The number of piperazine rings is 1. The van der Waals surface area contributed by atoms with E-state index < -0.39 is 0 Å². The molecule has 2 aromatic heterocycles. The van der Waals surface area contributed by atoms with Crippen LogP contribution < -0.4 is 14.4 Å². The molecule has 9 nitrogen and oxygen atoms in total. The Morgan fingerprint density at radius 3 is 2.56 bits per heavy atom. The highest BCUT2D eigenvalue weighted by molar-refractivity contribution is 7.22. The minimum atomic E-state index is 0.0489. The van der Waals surface area contributed by atoms with Gasteiger partial charge < -0.3 is 19.3 Å². The molecule has 3 heterocycles. The zero-order valence-electron chi connectivity index (χ0n) is 15.2. The average molecular weight is 388 g/mol. The van der Waals surface area contributed by atoms with Crippen molar-refractivity contribution in [2.75, 3.05) is 45.3 Å². The standard InChI is InChI=1S/C17H20N6O3S/c1-25-12-3-4-13(26-2)16-15(12)20-17(27-16)22-7-5-21(6-8-22)14(24)9-23-11-18-10-19-23/h3-4,10-11H,5-9H2,1-2H3. The molecule has 0 aliphatic carbocycles. The fourth-order valence-corrected chi connectivity index (χ4v) is 4.24. The first-order valence-corrected chi connectivity index (χ1v) is 9.38. The monoisotopic (exact) mass is 388 g/mol. The van der Waals surface area contributed by atoms with Gasteiger partial charge in [-0.3, -0.25) is 4.79 Å². The normalized spacial score (nSPS) is 14.6. The molecule has 1 aromatic carbocycles. The van der Waals surface area contributed by atoms with Crippen molar-refractivity contribution in [2.45, 2.75) is 6.54 Å². The Labute approximate surface area is 160 Å². The molecule has 1 saturated heterocycles. The Morgan fingerprint density at radius 2 is 1.89 bits per heavy atom. The molecule has 142 valence electrons. The zero-order valence-corrected chi connectivity index (χ0v) is 16.0. The number of hydrogen-bond donors (Lipinski definition) is 0. The Morgan fingerprint density at radius 1 is 1.15 bits per heavy atom. The summed E-state index contributed by atoms with van der Waals surface area (Å²) < 4.78 is 13.4. The predicted octanol–water partition coefficient (Wildman–Crippen LogP) is 1.25. The summed E-state index contributed by atoms with van der Waals surface area (Å²) in [4.78, 5) is 25.1. The molecule has 1 fully saturated rings. The third-order valence-electron chi connectivity index (χ3n) is 4.57. The number of nitrogens with zero attached hydrogens (tertiary/aromatic N) is 6. The highest BCUT2D eigenvalue weighted by Crippen LogP contribution is 2.40. The van der Waals surface area contributed by atoms with E-state index in [4.69, 9.17) is 14.5 Å². The van der Waals surface area contributed by atoms with E-state index in [-0.39, 0.29) is 12.5 Å². The van der Waals surface area contributed by atoms with E-state index in [0.29, 0.717) is 13.1 Å². The molecule has 1 amide bonds. The number of carbonyl (C=O) groups is 1. The van der Waals surface area contributed by atoms with Crippen molar-refractivity contribution >= 4 is 32.6 Å². The van der Waals surface area contributed by atoms with Crippen LogP contribution in [0.1, 0.15) is 0 Å². The maximum atomic E-state index is 12.4. The van der Waals surface area contributed by atoms with Gasteiger partial charge in [0.15, 0.2) is 5.13 Å². The van der Waals surface area contributed by atoms with Crippen LogP contribution in [0.2, 0.25) is 0 Å². The van der Waals surface area contributed by atoms with Crippen LogP contribution in [0.4, 0.5) is 5.13 Å². The molecule has 0 N–H and O–H groups in total. The Bertz CT molecular complexity index is 893. The van der Waals surface area contributed by atoms with Crippen molar-refractivity contribution in [3.05, 3.63) is 24.8 Å². The second-order valence-electron chi connectivity index (χ2n) is 6.11. The molecule has 10 heteroatoms. The summed E-state index contributed by atoms with van der Waals surface area (Å²) >= 11 is 1.58. The second kappa shape index (κ2) is 7.39. The van der Waals surface area contributed by atoms with Gasteiger partial charge in [0.1, 0.15) is 40.9 Å². The van der Waals surface area contributed by atoms with E-state index in [1.807, 2.05) is 17.0 Å². The molecule has 0 bridgehead atoms. The predicted molar refractivity (Wildman–Crippen MR) is 102 cm³/mol. The highest BCUT2D eigenvalue weighted by Gasteiger charge is 2.24. The van der Waals surface area contributed by atoms with Crippen LogP contribution in [0.25, 0.3) is 10.2 Å². The summed E-state index contributed by atoms with van der Waals surface area (Å²) in [5.74, 6) is 1.57. The summed E-state index contributed by atoms with van der Waals surface area (Å²) in [5.41, 5.74) is 0.807. The van der Waals surface area contributed by atoms with Crippen molar-refractivity contribution in [1.29, 1.82) is 0 Å². The molecule has 1 aliphatic heterocycles. The number of hydrogen-bond acceptors (Lipinski definition) is 8. The van der Waals surface area contributed by atoms with Crippen molar-refractivity contribution in [3.8, 4) is 11.5 Å². The van der Waals surface area contributed by atoms with E-state index in [1.54, 1.807) is 36.6 Å². The van der Waals surface area contributed by atoms with Crippen LogP contribution in [-0.2, 0) is 11.3 Å². The number of rotatable bonds is 5. The second-order valence-corrected chi connectivity index (χ2v) is 7.08. The maximum Gasteiger partial charge on any atom is 0.244 e. The summed E-state index contributed by atoms with van der Waals surface area (Å²) in [6.07, 6.45) is 2.98. The molecule has 3 aromatic rings. The smallest absolute Gasteiger partial charge is 0.244 e. The molecular formula is C17H20N6O3S. The number of carbonyl (C=O) groups excluding carboxylic acids is 1. The summed E-state index contributed by atoms with van der Waals surface area (Å²) in [7, 11) is 3.29. The van der Waals surface area contributed by atoms with Crippen LogP contribution in [-0.4, -0.2) is 71.0 Å². The van der Waals surface area contributed by atoms with Gasteiger partial charge in [-0.05, 0) is 12.1 Å². The summed E-state index contributed by atoms with van der Waals surface area (Å²) in [6, 6.07) is 3.76. The number of thiazole rings is 1. The lowest BCUT2D eigenvalue weighted by Gasteiger charge is -2.34. The van der Waals surface area contributed by atoms with Crippen LogP contribution in [0.5, 0.6) is 11.5 Å². The summed E-state index contributed by atoms with van der Waals surface area (Å²) in [5, 5.41) is 4.90. The van der Waals surface area contributed by atoms with E-state index in [1.165, 1.54) is 6.33 Å². The zero-order chi connectivity index (χ0) is 18.8. The first kappa shape index (κ1) is 17.5. The molecule has 4 rings (SSSR count). The van der Waals surface area contributed by atoms with Gasteiger partial charge in [0, 0.05) is 26.2 Å². The van der Waals surface area contributed by atoms with Crippen LogP contribution in [0.3, 0.4) is 0 Å². The first-order valence-electron chi connectivity index (χ1n) is 8.56. The van der Waals surface area contributed by atoms with E-state index in [2.05, 4.69) is 15.0 Å². The number of ether oxygens (including phenoxy) is 2. The van der Waals surface area contributed by atoms with E-state index in [9.17, 15) is 4.79 Å². The quantitative estimate of drug-likeness (QED) is 0.650. The van der Waals surface area contributed by atoms with Crippen molar-refractivity contribution in [1.82, 2.24) is 24.6 Å². The van der Waals surface area contributed by atoms with E-state index in [0.717, 1.165) is 39.9 Å². The van der Waals surface area contributed by atoms with E-state index >= 15 is 0 Å². The van der Waals surface area contributed by atoms with Crippen LogP contribution in [0, 0.1) is 0 Å². The largest absolute Gasteiger partial charge is 0.495 e. The third-order valence-corrected chi connectivity index (χ3v) is 5.70. The Hall–Kier alpha value is -2.88. The van der Waals surface area contributed by atoms with Crippen molar-refractivity contribution < 1.29 is 14.3 Å². The van der Waals surface area contributed by atoms with Gasteiger partial charge >= 0.3 is 0 Å². The summed E-state index contributed by atoms with van der Waals surface area (Å²) in [6.45, 7) is 2.98. The molecule has 0 atom stereocenters. The van der Waals surface area contributed by atoms with Gasteiger partial charge in [0.05, 0.1) is 14.2 Å². The van der Waals surface area contributed by atoms with Gasteiger partial charge in [0.2, 0.25) is 5.91 Å². The fraction of sp³-hybridized carbons (Fsp3) is 0.412. The molecule has 1 aliphatic rings. The first-order chi connectivity index (χ1) is 13.2. The molecule has 0 saturated carbocycles. The average Bonchev–Trinajstić information content (AvgIpc) is 3.37.